The van der Waals surface area contributed by atoms with Gasteiger partial charge in [0.05, 0.1) is 18.8 Å². The fraction of sp³-hybridized carbons (Fsp3) is 0.385. The Morgan fingerprint density at radius 2 is 2.29 bits per heavy atom. The Hall–Kier alpha value is -1.83. The number of hydrogen-bond donors (Lipinski definition) is 3. The summed E-state index contributed by atoms with van der Waals surface area (Å²) in [4.78, 5) is 22.8. The van der Waals surface area contributed by atoms with Crippen LogP contribution in [0.15, 0.2) is 18.2 Å². The molecular formula is C13H18ClN3O4. The second-order valence-electron chi connectivity index (χ2n) is 4.27. The molecule has 1 aliphatic rings. The first kappa shape index (κ1) is 17.2. The van der Waals surface area contributed by atoms with Crippen LogP contribution >= 0.6 is 12.4 Å². The second-order valence-corrected chi connectivity index (χ2v) is 4.27. The van der Waals surface area contributed by atoms with Gasteiger partial charge in [0.1, 0.15) is 5.75 Å². The number of rotatable bonds is 6. The highest BCUT2D eigenvalue weighted by molar-refractivity contribution is 5.97. The van der Waals surface area contributed by atoms with E-state index >= 15 is 0 Å². The Balaban J connectivity index is 0.00000220. The zero-order valence-corrected chi connectivity index (χ0v) is 12.4. The van der Waals surface area contributed by atoms with Crippen molar-refractivity contribution in [2.75, 3.05) is 44.0 Å². The van der Waals surface area contributed by atoms with Gasteiger partial charge in [0.25, 0.3) is 5.91 Å². The number of anilines is 2. The summed E-state index contributed by atoms with van der Waals surface area (Å²) >= 11 is 0. The number of methoxy groups -OCH3 is 1. The van der Waals surface area contributed by atoms with Crippen LogP contribution in [-0.2, 0) is 14.3 Å². The van der Waals surface area contributed by atoms with Crippen LogP contribution in [0.25, 0.3) is 0 Å². The van der Waals surface area contributed by atoms with Crippen molar-refractivity contribution in [3.63, 3.8) is 0 Å². The minimum atomic E-state index is -0.184. The SMILES string of the molecule is COCCNCC(=O)Nc1ccc2c(c1)OCC(=O)N2.Cl. The molecule has 2 amide bonds. The summed E-state index contributed by atoms with van der Waals surface area (Å²) < 4.78 is 10.1. The van der Waals surface area contributed by atoms with Crippen molar-refractivity contribution in [2.45, 2.75) is 0 Å². The monoisotopic (exact) mass is 315 g/mol. The summed E-state index contributed by atoms with van der Waals surface area (Å²) in [5, 5.41) is 8.38. The van der Waals surface area contributed by atoms with Crippen molar-refractivity contribution >= 4 is 35.6 Å². The van der Waals surface area contributed by atoms with Gasteiger partial charge >= 0.3 is 0 Å². The zero-order valence-electron chi connectivity index (χ0n) is 11.6. The van der Waals surface area contributed by atoms with Crippen LogP contribution in [0.5, 0.6) is 5.75 Å². The molecular weight excluding hydrogens is 298 g/mol. The van der Waals surface area contributed by atoms with Gasteiger partial charge in [-0.25, -0.2) is 0 Å². The summed E-state index contributed by atoms with van der Waals surface area (Å²) in [6.45, 7) is 1.37. The largest absolute Gasteiger partial charge is 0.482 e. The molecule has 1 aromatic rings. The highest BCUT2D eigenvalue weighted by Crippen LogP contribution is 2.30. The van der Waals surface area contributed by atoms with Gasteiger partial charge < -0.3 is 25.4 Å². The number of benzene rings is 1. The first-order valence-electron chi connectivity index (χ1n) is 6.25. The normalized spacial score (nSPS) is 12.5. The second kappa shape index (κ2) is 8.46. The first-order valence-corrected chi connectivity index (χ1v) is 6.25. The molecule has 0 aromatic heterocycles. The minimum Gasteiger partial charge on any atom is -0.482 e. The molecule has 1 heterocycles. The molecule has 0 atom stereocenters. The lowest BCUT2D eigenvalue weighted by atomic mass is 10.2. The smallest absolute Gasteiger partial charge is 0.262 e. The van der Waals surface area contributed by atoms with Crippen molar-refractivity contribution < 1.29 is 19.1 Å². The summed E-state index contributed by atoms with van der Waals surface area (Å²) in [5.41, 5.74) is 1.23. The van der Waals surface area contributed by atoms with Crippen LogP contribution < -0.4 is 20.7 Å². The number of carbonyl (C=O) groups excluding carboxylic acids is 2. The van der Waals surface area contributed by atoms with Gasteiger partial charge in [-0.05, 0) is 12.1 Å². The van der Waals surface area contributed by atoms with Crippen molar-refractivity contribution in [3.8, 4) is 5.75 Å². The van der Waals surface area contributed by atoms with Crippen molar-refractivity contribution in [1.82, 2.24) is 5.32 Å². The third-order valence-corrected chi connectivity index (χ3v) is 2.67. The molecule has 0 saturated heterocycles. The number of nitrogens with one attached hydrogen (secondary N) is 3. The maximum absolute atomic E-state index is 11.7. The fourth-order valence-electron chi connectivity index (χ4n) is 1.73. The van der Waals surface area contributed by atoms with Crippen LogP contribution in [-0.4, -0.2) is 45.2 Å². The number of carbonyl (C=O) groups is 2. The van der Waals surface area contributed by atoms with Gasteiger partial charge in [0, 0.05) is 25.4 Å². The summed E-state index contributed by atoms with van der Waals surface area (Å²) in [6.07, 6.45) is 0. The fourth-order valence-corrected chi connectivity index (χ4v) is 1.73. The van der Waals surface area contributed by atoms with Gasteiger partial charge in [-0.3, -0.25) is 9.59 Å². The molecule has 116 valence electrons. The van der Waals surface area contributed by atoms with Crippen molar-refractivity contribution in [3.05, 3.63) is 18.2 Å². The molecule has 0 aliphatic carbocycles. The van der Waals surface area contributed by atoms with Gasteiger partial charge in [-0.2, -0.15) is 0 Å². The molecule has 1 aliphatic heterocycles. The summed E-state index contributed by atoms with van der Waals surface area (Å²) in [5.74, 6) is 0.215. The third-order valence-electron chi connectivity index (χ3n) is 2.67. The molecule has 0 spiro atoms. The van der Waals surface area contributed by atoms with Crippen LogP contribution in [0.4, 0.5) is 11.4 Å². The van der Waals surface area contributed by atoms with Crippen molar-refractivity contribution in [1.29, 1.82) is 0 Å². The lowest BCUT2D eigenvalue weighted by Crippen LogP contribution is -2.30. The molecule has 3 N–H and O–H groups in total. The minimum absolute atomic E-state index is 0. The molecule has 0 radical (unpaired) electrons. The Kier molecular flexibility index (Phi) is 6.93. The van der Waals surface area contributed by atoms with Crippen LogP contribution in [0.2, 0.25) is 0 Å². The average molecular weight is 316 g/mol. The van der Waals surface area contributed by atoms with Crippen LogP contribution in [0.3, 0.4) is 0 Å². The predicted molar refractivity (Wildman–Crippen MR) is 81.2 cm³/mol. The highest BCUT2D eigenvalue weighted by Gasteiger charge is 2.16. The van der Waals surface area contributed by atoms with E-state index in [1.807, 2.05) is 0 Å². The van der Waals surface area contributed by atoms with E-state index < -0.39 is 0 Å². The maximum atomic E-state index is 11.7. The number of fused-ring (bicyclic) bond motifs is 1. The zero-order chi connectivity index (χ0) is 14.4. The van der Waals surface area contributed by atoms with Crippen molar-refractivity contribution in [2.24, 2.45) is 0 Å². The van der Waals surface area contributed by atoms with Gasteiger partial charge in [-0.1, -0.05) is 0 Å². The summed E-state index contributed by atoms with van der Waals surface area (Å²) in [6, 6.07) is 5.09. The van der Waals surface area contributed by atoms with E-state index in [2.05, 4.69) is 16.0 Å². The Labute approximate surface area is 128 Å². The number of amides is 2. The number of hydrogen-bond acceptors (Lipinski definition) is 5. The quantitative estimate of drug-likeness (QED) is 0.670. The van der Waals surface area contributed by atoms with E-state index in [1.165, 1.54) is 0 Å². The average Bonchev–Trinajstić information content (AvgIpc) is 2.44. The predicted octanol–water partition coefficient (Wildman–Crippen LogP) is 0.614. The Morgan fingerprint density at radius 3 is 3.05 bits per heavy atom. The molecule has 0 fully saturated rings. The van der Waals surface area contributed by atoms with Gasteiger partial charge in [0.15, 0.2) is 6.61 Å². The van der Waals surface area contributed by atoms with E-state index in [0.29, 0.717) is 30.3 Å². The first-order chi connectivity index (χ1) is 9.69. The lowest BCUT2D eigenvalue weighted by molar-refractivity contribution is -0.118. The topological polar surface area (TPSA) is 88.7 Å². The molecule has 8 heteroatoms. The standard InChI is InChI=1S/C13H17N3O4.ClH/c1-19-5-4-14-7-12(17)15-9-2-3-10-11(6-9)20-8-13(18)16-10;/h2-3,6,14H,4-5,7-8H2,1H3,(H,15,17)(H,16,18);1H. The van der Waals surface area contributed by atoms with E-state index in [-0.39, 0.29) is 37.4 Å². The Bertz CT molecular complexity index is 510. The molecule has 0 bridgehead atoms. The van der Waals surface area contributed by atoms with E-state index in [4.69, 9.17) is 9.47 Å². The van der Waals surface area contributed by atoms with E-state index in [9.17, 15) is 9.59 Å². The number of halogens is 1. The molecule has 21 heavy (non-hydrogen) atoms. The van der Waals surface area contributed by atoms with E-state index in [1.54, 1.807) is 25.3 Å². The Morgan fingerprint density at radius 1 is 1.48 bits per heavy atom. The highest BCUT2D eigenvalue weighted by atomic mass is 35.5. The molecule has 2 rings (SSSR count). The van der Waals surface area contributed by atoms with Crippen LogP contribution in [0.1, 0.15) is 0 Å². The molecule has 0 saturated carbocycles. The van der Waals surface area contributed by atoms with E-state index in [0.717, 1.165) is 0 Å². The molecule has 0 unspecified atom stereocenters. The number of ether oxygens (including phenoxy) is 2. The summed E-state index contributed by atoms with van der Waals surface area (Å²) in [7, 11) is 1.60. The van der Waals surface area contributed by atoms with Gasteiger partial charge in [-0.15, -0.1) is 12.4 Å². The third kappa shape index (κ3) is 5.22. The molecule has 7 nitrogen and oxygen atoms in total. The lowest BCUT2D eigenvalue weighted by Gasteiger charge is -2.18. The van der Waals surface area contributed by atoms with Crippen LogP contribution in [0, 0.1) is 0 Å². The maximum Gasteiger partial charge on any atom is 0.262 e. The molecule has 1 aromatic carbocycles. The van der Waals surface area contributed by atoms with Gasteiger partial charge in [0.2, 0.25) is 5.91 Å².